The van der Waals surface area contributed by atoms with E-state index in [-0.39, 0.29) is 11.5 Å². The van der Waals surface area contributed by atoms with Crippen LogP contribution in [0, 0.1) is 0 Å². The number of nitrogens with two attached hydrogens (primary N) is 1. The normalized spacial score (nSPS) is 13.5. The Labute approximate surface area is 156 Å². The van der Waals surface area contributed by atoms with Crippen LogP contribution in [0.25, 0.3) is 10.2 Å². The molecule has 0 saturated carbocycles. The molecule has 5 nitrogen and oxygen atoms in total. The van der Waals surface area contributed by atoms with Crippen LogP contribution in [0.4, 0.5) is 0 Å². The topological polar surface area (TPSA) is 78.0 Å². The molecular weight excluding hydrogens is 354 g/mol. The second-order valence-corrected chi connectivity index (χ2v) is 8.66. The first kappa shape index (κ1) is 18.5. The SMILES string of the molecule is CCCCCCn1c(SCCC(N)=O)nc2sc3c(c2c1=O)CCC3. The number of thioether (sulfide) groups is 1. The Morgan fingerprint density at radius 2 is 2.16 bits per heavy atom. The van der Waals surface area contributed by atoms with Crippen molar-refractivity contribution in [2.45, 2.75) is 70.0 Å². The first-order valence-corrected chi connectivity index (χ1v) is 10.9. The molecule has 2 aromatic rings. The lowest BCUT2D eigenvalue weighted by molar-refractivity contribution is -0.117. The monoisotopic (exact) mass is 379 g/mol. The van der Waals surface area contributed by atoms with Crippen LogP contribution < -0.4 is 11.3 Å². The van der Waals surface area contributed by atoms with Crippen molar-refractivity contribution in [3.63, 3.8) is 0 Å². The first-order chi connectivity index (χ1) is 12.1. The van der Waals surface area contributed by atoms with Gasteiger partial charge in [-0.25, -0.2) is 4.98 Å². The van der Waals surface area contributed by atoms with Crippen LogP contribution in [0.2, 0.25) is 0 Å². The zero-order valence-corrected chi connectivity index (χ0v) is 16.3. The zero-order valence-electron chi connectivity index (χ0n) is 14.7. The van der Waals surface area contributed by atoms with Gasteiger partial charge < -0.3 is 5.73 Å². The van der Waals surface area contributed by atoms with Crippen LogP contribution >= 0.6 is 23.1 Å². The molecule has 25 heavy (non-hydrogen) atoms. The zero-order chi connectivity index (χ0) is 17.8. The van der Waals surface area contributed by atoms with Crippen molar-refractivity contribution in [1.82, 2.24) is 9.55 Å². The number of carbonyl (C=O) groups is 1. The summed E-state index contributed by atoms with van der Waals surface area (Å²) in [5, 5.41) is 1.57. The van der Waals surface area contributed by atoms with Gasteiger partial charge in [-0.3, -0.25) is 14.2 Å². The molecule has 0 bridgehead atoms. The molecule has 136 valence electrons. The lowest BCUT2D eigenvalue weighted by Crippen LogP contribution is -2.24. The third-order valence-electron chi connectivity index (χ3n) is 4.60. The van der Waals surface area contributed by atoms with Gasteiger partial charge in [0.1, 0.15) is 4.83 Å². The number of thiophene rings is 1. The number of aromatic nitrogens is 2. The predicted molar refractivity (Wildman–Crippen MR) is 105 cm³/mol. The van der Waals surface area contributed by atoms with Crippen LogP contribution in [0.1, 0.15) is 55.9 Å². The van der Waals surface area contributed by atoms with Gasteiger partial charge in [-0.15, -0.1) is 11.3 Å². The van der Waals surface area contributed by atoms with E-state index in [1.807, 2.05) is 4.57 Å². The number of amides is 1. The van der Waals surface area contributed by atoms with Gasteiger partial charge in [-0.2, -0.15) is 0 Å². The minimum Gasteiger partial charge on any atom is -0.370 e. The maximum atomic E-state index is 13.2. The van der Waals surface area contributed by atoms with Crippen molar-refractivity contribution in [2.75, 3.05) is 5.75 Å². The van der Waals surface area contributed by atoms with Gasteiger partial charge in [-0.05, 0) is 31.2 Å². The first-order valence-electron chi connectivity index (χ1n) is 9.08. The highest BCUT2D eigenvalue weighted by Gasteiger charge is 2.23. The highest BCUT2D eigenvalue weighted by molar-refractivity contribution is 7.99. The van der Waals surface area contributed by atoms with Crippen LogP contribution in [0.5, 0.6) is 0 Å². The second-order valence-electron chi connectivity index (χ2n) is 6.51. The largest absolute Gasteiger partial charge is 0.370 e. The van der Waals surface area contributed by atoms with Crippen LogP contribution in [-0.2, 0) is 24.2 Å². The Balaban J connectivity index is 1.93. The van der Waals surface area contributed by atoms with E-state index in [2.05, 4.69) is 6.92 Å². The molecule has 7 heteroatoms. The van der Waals surface area contributed by atoms with E-state index in [4.69, 9.17) is 10.7 Å². The Morgan fingerprint density at radius 3 is 2.92 bits per heavy atom. The van der Waals surface area contributed by atoms with Crippen LogP contribution in [0.15, 0.2) is 9.95 Å². The summed E-state index contributed by atoms with van der Waals surface area (Å²) in [4.78, 5) is 31.1. The molecule has 0 aromatic carbocycles. The Morgan fingerprint density at radius 1 is 1.32 bits per heavy atom. The third kappa shape index (κ3) is 4.08. The molecule has 2 N–H and O–H groups in total. The van der Waals surface area contributed by atoms with Gasteiger partial charge >= 0.3 is 0 Å². The quantitative estimate of drug-likeness (QED) is 0.411. The molecule has 0 unspecified atom stereocenters. The van der Waals surface area contributed by atoms with Gasteiger partial charge in [0.2, 0.25) is 5.91 Å². The van der Waals surface area contributed by atoms with E-state index < -0.39 is 0 Å². The summed E-state index contributed by atoms with van der Waals surface area (Å²) in [5.41, 5.74) is 6.57. The minimum absolute atomic E-state index is 0.0995. The number of rotatable bonds is 9. The molecule has 0 atom stereocenters. The molecular formula is C18H25N3O2S2. The molecule has 2 aromatic heterocycles. The third-order valence-corrected chi connectivity index (χ3v) is 6.77. The van der Waals surface area contributed by atoms with E-state index in [0.717, 1.165) is 47.5 Å². The standard InChI is InChI=1S/C18H25N3O2S2/c1-2-3-4-5-10-21-17(23)15-12-7-6-8-13(12)25-16(15)20-18(21)24-11-9-14(19)22/h2-11H2,1H3,(H2,19,22). The summed E-state index contributed by atoms with van der Waals surface area (Å²) in [6.45, 7) is 2.88. The number of primary amides is 1. The van der Waals surface area contributed by atoms with E-state index in [0.29, 0.717) is 18.7 Å². The number of nitrogens with zero attached hydrogens (tertiary/aromatic N) is 2. The lowest BCUT2D eigenvalue weighted by Gasteiger charge is -2.12. The summed E-state index contributed by atoms with van der Waals surface area (Å²) < 4.78 is 1.83. The fourth-order valence-electron chi connectivity index (χ4n) is 3.31. The molecule has 1 aliphatic carbocycles. The molecule has 2 heterocycles. The fourth-order valence-corrected chi connectivity index (χ4v) is 5.59. The van der Waals surface area contributed by atoms with Crippen LogP contribution in [0.3, 0.4) is 0 Å². The predicted octanol–water partition coefficient (Wildman–Crippen LogP) is 3.49. The molecule has 1 amide bonds. The van der Waals surface area contributed by atoms with Crippen LogP contribution in [-0.4, -0.2) is 21.2 Å². The second kappa shape index (κ2) is 8.36. The van der Waals surface area contributed by atoms with E-state index in [9.17, 15) is 9.59 Å². The molecule has 0 fully saturated rings. The number of fused-ring (bicyclic) bond motifs is 3. The van der Waals surface area contributed by atoms with E-state index in [1.165, 1.54) is 35.0 Å². The summed E-state index contributed by atoms with van der Waals surface area (Å²) >= 11 is 3.13. The van der Waals surface area contributed by atoms with Crippen molar-refractivity contribution in [3.8, 4) is 0 Å². The van der Waals surface area contributed by atoms with Gasteiger partial charge in [0.25, 0.3) is 5.56 Å². The summed E-state index contributed by atoms with van der Waals surface area (Å²) in [6.07, 6.45) is 7.96. The highest BCUT2D eigenvalue weighted by atomic mass is 32.2. The average Bonchev–Trinajstić information content (AvgIpc) is 3.13. The highest BCUT2D eigenvalue weighted by Crippen LogP contribution is 2.35. The minimum atomic E-state index is -0.319. The smallest absolute Gasteiger partial charge is 0.263 e. The number of unbranched alkanes of at least 4 members (excludes halogenated alkanes) is 3. The van der Waals surface area contributed by atoms with Gasteiger partial charge in [-0.1, -0.05) is 37.9 Å². The maximum Gasteiger partial charge on any atom is 0.263 e. The Kier molecular flexibility index (Phi) is 6.17. The Bertz CT molecular complexity index is 826. The molecule has 0 aliphatic heterocycles. The molecule has 0 spiro atoms. The lowest BCUT2D eigenvalue weighted by atomic mass is 10.2. The van der Waals surface area contributed by atoms with Crippen molar-refractivity contribution in [1.29, 1.82) is 0 Å². The molecule has 1 aliphatic rings. The average molecular weight is 380 g/mol. The maximum absolute atomic E-state index is 13.2. The molecule has 0 saturated heterocycles. The summed E-state index contributed by atoms with van der Waals surface area (Å²) in [6, 6.07) is 0. The van der Waals surface area contributed by atoms with Crippen molar-refractivity contribution in [2.24, 2.45) is 5.73 Å². The number of carbonyl (C=O) groups excluding carboxylic acids is 1. The molecule has 0 radical (unpaired) electrons. The number of aryl methyl sites for hydroxylation is 2. The summed E-state index contributed by atoms with van der Waals surface area (Å²) in [7, 11) is 0. The number of hydrogen-bond donors (Lipinski definition) is 1. The van der Waals surface area contributed by atoms with Crippen molar-refractivity contribution >= 4 is 39.2 Å². The Hall–Kier alpha value is -1.34. The van der Waals surface area contributed by atoms with Gasteiger partial charge in [0, 0.05) is 23.6 Å². The number of hydrogen-bond acceptors (Lipinski definition) is 5. The van der Waals surface area contributed by atoms with E-state index in [1.54, 1.807) is 11.3 Å². The van der Waals surface area contributed by atoms with Gasteiger partial charge in [0.05, 0.1) is 5.39 Å². The van der Waals surface area contributed by atoms with Gasteiger partial charge in [0.15, 0.2) is 5.16 Å². The fraction of sp³-hybridized carbons (Fsp3) is 0.611. The summed E-state index contributed by atoms with van der Waals surface area (Å²) in [5.74, 6) is 0.244. The van der Waals surface area contributed by atoms with Crippen molar-refractivity contribution in [3.05, 3.63) is 20.8 Å². The van der Waals surface area contributed by atoms with E-state index >= 15 is 0 Å². The van der Waals surface area contributed by atoms with Crippen molar-refractivity contribution < 1.29 is 4.79 Å². The molecule has 3 rings (SSSR count).